The predicted molar refractivity (Wildman–Crippen MR) is 68.5 cm³/mol. The number of ether oxygens (including phenoxy) is 1. The van der Waals surface area contributed by atoms with Gasteiger partial charge in [-0.1, -0.05) is 0 Å². The third kappa shape index (κ3) is 2.42. The summed E-state index contributed by atoms with van der Waals surface area (Å²) in [4.78, 5) is 8.96. The molecule has 0 radical (unpaired) electrons. The lowest BCUT2D eigenvalue weighted by atomic mass is 10.3. The molecule has 0 amide bonds. The molecule has 92 valence electrons. The molecule has 5 heteroatoms. The van der Waals surface area contributed by atoms with Crippen LogP contribution in [0.4, 0.5) is 0 Å². The summed E-state index contributed by atoms with van der Waals surface area (Å²) in [5.41, 5.74) is 1.81. The maximum atomic E-state index is 5.81. The minimum atomic E-state index is 0.207. The standard InChI is InChI=1S/C12H16ClN3O/c1-9(8-17-2)16-11(5-6-13)15-10-4-3-7-14-12(10)16/h3-4,7,9H,5-6,8H2,1-2H3. The van der Waals surface area contributed by atoms with Crippen molar-refractivity contribution in [1.29, 1.82) is 0 Å². The van der Waals surface area contributed by atoms with Gasteiger partial charge in [-0.2, -0.15) is 0 Å². The molecule has 0 bridgehead atoms. The molecule has 1 unspecified atom stereocenters. The zero-order chi connectivity index (χ0) is 12.3. The Morgan fingerprint density at radius 2 is 2.35 bits per heavy atom. The molecule has 17 heavy (non-hydrogen) atoms. The first-order valence-electron chi connectivity index (χ1n) is 5.64. The van der Waals surface area contributed by atoms with Crippen LogP contribution in [0.2, 0.25) is 0 Å². The van der Waals surface area contributed by atoms with E-state index in [1.165, 1.54) is 0 Å². The van der Waals surface area contributed by atoms with Crippen molar-refractivity contribution in [2.45, 2.75) is 19.4 Å². The SMILES string of the molecule is COCC(C)n1c(CCCl)nc2cccnc21. The molecule has 0 aliphatic rings. The van der Waals surface area contributed by atoms with Gasteiger partial charge in [-0.3, -0.25) is 0 Å². The summed E-state index contributed by atoms with van der Waals surface area (Å²) in [5.74, 6) is 1.53. The van der Waals surface area contributed by atoms with E-state index in [0.29, 0.717) is 12.5 Å². The number of halogens is 1. The van der Waals surface area contributed by atoms with Crippen LogP contribution in [0.3, 0.4) is 0 Å². The highest BCUT2D eigenvalue weighted by atomic mass is 35.5. The van der Waals surface area contributed by atoms with E-state index < -0.39 is 0 Å². The first kappa shape index (κ1) is 12.3. The van der Waals surface area contributed by atoms with Gasteiger partial charge in [0.25, 0.3) is 0 Å². The maximum absolute atomic E-state index is 5.81. The van der Waals surface area contributed by atoms with E-state index in [4.69, 9.17) is 16.3 Å². The molecule has 2 aromatic rings. The summed E-state index contributed by atoms with van der Waals surface area (Å²) < 4.78 is 7.31. The second-order valence-corrected chi connectivity index (χ2v) is 4.37. The highest BCUT2D eigenvalue weighted by Crippen LogP contribution is 2.20. The molecule has 0 aliphatic carbocycles. The number of pyridine rings is 1. The Hall–Kier alpha value is -1.13. The maximum Gasteiger partial charge on any atom is 0.160 e. The van der Waals surface area contributed by atoms with Crippen LogP contribution >= 0.6 is 11.6 Å². The van der Waals surface area contributed by atoms with Gasteiger partial charge in [-0.05, 0) is 19.1 Å². The number of rotatable bonds is 5. The minimum Gasteiger partial charge on any atom is -0.383 e. The van der Waals surface area contributed by atoms with Crippen molar-refractivity contribution in [3.8, 4) is 0 Å². The van der Waals surface area contributed by atoms with Crippen LogP contribution in [-0.4, -0.2) is 34.1 Å². The molecule has 4 nitrogen and oxygen atoms in total. The average molecular weight is 254 g/mol. The Labute approximate surface area is 106 Å². The van der Waals surface area contributed by atoms with E-state index in [0.717, 1.165) is 23.4 Å². The van der Waals surface area contributed by atoms with Gasteiger partial charge in [-0.15, -0.1) is 11.6 Å². The molecular weight excluding hydrogens is 238 g/mol. The third-order valence-electron chi connectivity index (χ3n) is 2.69. The minimum absolute atomic E-state index is 0.207. The lowest BCUT2D eigenvalue weighted by molar-refractivity contribution is 0.162. The number of nitrogens with zero attached hydrogens (tertiary/aromatic N) is 3. The van der Waals surface area contributed by atoms with Gasteiger partial charge in [0.2, 0.25) is 0 Å². The van der Waals surface area contributed by atoms with Crippen LogP contribution in [0.1, 0.15) is 18.8 Å². The first-order chi connectivity index (χ1) is 8.27. The Balaban J connectivity index is 2.51. The number of alkyl halides is 1. The molecule has 0 aromatic carbocycles. The number of methoxy groups -OCH3 is 1. The Bertz CT molecular complexity index is 497. The van der Waals surface area contributed by atoms with E-state index >= 15 is 0 Å². The Morgan fingerprint density at radius 1 is 1.53 bits per heavy atom. The van der Waals surface area contributed by atoms with Crippen molar-refractivity contribution >= 4 is 22.8 Å². The van der Waals surface area contributed by atoms with Crippen molar-refractivity contribution < 1.29 is 4.74 Å². The molecule has 0 aliphatic heterocycles. The molecule has 0 saturated heterocycles. The van der Waals surface area contributed by atoms with E-state index in [9.17, 15) is 0 Å². The van der Waals surface area contributed by atoms with Crippen LogP contribution in [0.5, 0.6) is 0 Å². The molecule has 0 saturated carbocycles. The van der Waals surface area contributed by atoms with Crippen molar-refractivity contribution in [1.82, 2.24) is 14.5 Å². The summed E-state index contributed by atoms with van der Waals surface area (Å²) in [6, 6.07) is 4.07. The molecule has 2 heterocycles. The summed E-state index contributed by atoms with van der Waals surface area (Å²) in [5, 5.41) is 0. The number of imidazole rings is 1. The zero-order valence-electron chi connectivity index (χ0n) is 10.1. The topological polar surface area (TPSA) is 39.9 Å². The molecule has 1 atom stereocenters. The molecule has 0 N–H and O–H groups in total. The van der Waals surface area contributed by atoms with Crippen LogP contribution in [0.15, 0.2) is 18.3 Å². The molecule has 2 aromatic heterocycles. The summed E-state index contributed by atoms with van der Waals surface area (Å²) in [6.07, 6.45) is 2.52. The summed E-state index contributed by atoms with van der Waals surface area (Å²) in [6.45, 7) is 2.73. The van der Waals surface area contributed by atoms with Crippen molar-refractivity contribution in [2.24, 2.45) is 0 Å². The summed E-state index contributed by atoms with van der Waals surface area (Å²) >= 11 is 5.81. The summed E-state index contributed by atoms with van der Waals surface area (Å²) in [7, 11) is 1.70. The van der Waals surface area contributed by atoms with Gasteiger partial charge in [-0.25, -0.2) is 9.97 Å². The largest absolute Gasteiger partial charge is 0.383 e. The van der Waals surface area contributed by atoms with Crippen molar-refractivity contribution in [2.75, 3.05) is 19.6 Å². The van der Waals surface area contributed by atoms with Gasteiger partial charge >= 0.3 is 0 Å². The predicted octanol–water partition coefficient (Wildman–Crippen LogP) is 2.42. The van der Waals surface area contributed by atoms with E-state index in [1.54, 1.807) is 13.3 Å². The lowest BCUT2D eigenvalue weighted by Gasteiger charge is -2.15. The molecule has 0 spiro atoms. The second-order valence-electron chi connectivity index (χ2n) is 3.99. The van der Waals surface area contributed by atoms with Crippen molar-refractivity contribution in [3.05, 3.63) is 24.2 Å². The number of hydrogen-bond acceptors (Lipinski definition) is 3. The average Bonchev–Trinajstić information content (AvgIpc) is 2.67. The smallest absolute Gasteiger partial charge is 0.160 e. The fraction of sp³-hybridized carbons (Fsp3) is 0.500. The number of aryl methyl sites for hydroxylation is 1. The van der Waals surface area contributed by atoms with E-state index in [1.807, 2.05) is 12.1 Å². The fourth-order valence-corrected chi connectivity index (χ4v) is 2.19. The van der Waals surface area contributed by atoms with E-state index in [2.05, 4.69) is 21.5 Å². The van der Waals surface area contributed by atoms with Crippen LogP contribution < -0.4 is 0 Å². The lowest BCUT2D eigenvalue weighted by Crippen LogP contribution is -2.15. The number of hydrogen-bond donors (Lipinski definition) is 0. The normalized spacial score (nSPS) is 13.1. The van der Waals surface area contributed by atoms with Gasteiger partial charge in [0, 0.05) is 25.6 Å². The van der Waals surface area contributed by atoms with Crippen molar-refractivity contribution in [3.63, 3.8) is 0 Å². The second kappa shape index (κ2) is 5.47. The van der Waals surface area contributed by atoms with E-state index in [-0.39, 0.29) is 6.04 Å². The first-order valence-corrected chi connectivity index (χ1v) is 6.18. The Kier molecular flexibility index (Phi) is 3.97. The third-order valence-corrected chi connectivity index (χ3v) is 2.88. The van der Waals surface area contributed by atoms with Gasteiger partial charge in [0.1, 0.15) is 11.3 Å². The van der Waals surface area contributed by atoms with Gasteiger partial charge in [0.15, 0.2) is 5.65 Å². The fourth-order valence-electron chi connectivity index (χ4n) is 2.02. The highest BCUT2D eigenvalue weighted by molar-refractivity contribution is 6.17. The number of aromatic nitrogens is 3. The van der Waals surface area contributed by atoms with Crippen LogP contribution in [0.25, 0.3) is 11.2 Å². The zero-order valence-corrected chi connectivity index (χ0v) is 10.8. The molecule has 0 fully saturated rings. The van der Waals surface area contributed by atoms with Gasteiger partial charge in [0.05, 0.1) is 12.6 Å². The van der Waals surface area contributed by atoms with Crippen LogP contribution in [-0.2, 0) is 11.2 Å². The molecule has 2 rings (SSSR count). The number of fused-ring (bicyclic) bond motifs is 1. The highest BCUT2D eigenvalue weighted by Gasteiger charge is 2.15. The van der Waals surface area contributed by atoms with Gasteiger partial charge < -0.3 is 9.30 Å². The molecular formula is C12H16ClN3O. The monoisotopic (exact) mass is 253 g/mol. The van der Waals surface area contributed by atoms with Crippen LogP contribution in [0, 0.1) is 0 Å². The Morgan fingerprint density at radius 3 is 3.06 bits per heavy atom. The quantitative estimate of drug-likeness (QED) is 0.769.